The third-order valence-corrected chi connectivity index (χ3v) is 15.9. The van der Waals surface area contributed by atoms with Crippen LogP contribution in [0.4, 0.5) is 0 Å². The van der Waals surface area contributed by atoms with Crippen molar-refractivity contribution in [1.29, 1.82) is 0 Å². The molecule has 0 unspecified atom stereocenters. The molecule has 2 spiro atoms. The van der Waals surface area contributed by atoms with Crippen LogP contribution in [0.5, 0.6) is 0 Å². The van der Waals surface area contributed by atoms with Crippen molar-refractivity contribution in [2.45, 2.75) is 127 Å². The largest absolute Gasteiger partial charge is 0.469 e. The molecule has 8 fully saturated rings. The van der Waals surface area contributed by atoms with Crippen molar-refractivity contribution in [3.8, 4) is 0 Å². The maximum absolute atomic E-state index is 14.5. The van der Waals surface area contributed by atoms with Crippen molar-refractivity contribution in [3.05, 3.63) is 23.7 Å². The summed E-state index contributed by atoms with van der Waals surface area (Å²) < 4.78 is 31.3. The van der Waals surface area contributed by atoms with Gasteiger partial charge in [0.25, 0.3) is 0 Å². The summed E-state index contributed by atoms with van der Waals surface area (Å²) in [6, 6.07) is 2.27. The van der Waals surface area contributed by atoms with Gasteiger partial charge in [-0.2, -0.15) is 0 Å². The molecule has 286 valence electrons. The fourth-order valence-electron chi connectivity index (χ4n) is 13.6. The number of aliphatic hydroxyl groups is 3. The summed E-state index contributed by atoms with van der Waals surface area (Å²) in [7, 11) is 0. The number of esters is 2. The average Bonchev–Trinajstić information content (AvgIpc) is 3.37. The quantitative estimate of drug-likeness (QED) is 0.203. The van der Waals surface area contributed by atoms with Gasteiger partial charge in [0.2, 0.25) is 0 Å². The van der Waals surface area contributed by atoms with E-state index in [0.717, 1.165) is 38.9 Å². The molecule has 13 heteroatoms. The highest BCUT2D eigenvalue weighted by atomic mass is 16.7. The molecule has 5 saturated heterocycles. The van der Waals surface area contributed by atoms with Gasteiger partial charge in [0, 0.05) is 47.5 Å². The van der Waals surface area contributed by atoms with Gasteiger partial charge in [-0.05, 0) is 82.1 Å². The monoisotopic (exact) mass is 726 g/mol. The van der Waals surface area contributed by atoms with E-state index in [1.54, 1.807) is 6.26 Å². The Hall–Kier alpha value is -2.39. The van der Waals surface area contributed by atoms with E-state index in [-0.39, 0.29) is 49.1 Å². The second kappa shape index (κ2) is 11.8. The molecular formula is C39H54N2O11. The molecule has 13 atom stereocenters. The predicted molar refractivity (Wildman–Crippen MR) is 181 cm³/mol. The molecule has 0 radical (unpaired) electrons. The normalized spacial score (nSPS) is 48.7. The van der Waals surface area contributed by atoms with Gasteiger partial charge < -0.3 is 49.3 Å². The average molecular weight is 727 g/mol. The molecule has 5 aliphatic heterocycles. The Balaban J connectivity index is 1.05. The first-order chi connectivity index (χ1) is 24.7. The number of furan rings is 1. The third-order valence-electron chi connectivity index (χ3n) is 15.9. The molecule has 0 amide bonds. The van der Waals surface area contributed by atoms with E-state index in [0.29, 0.717) is 42.5 Å². The minimum Gasteiger partial charge on any atom is -0.469 e. The zero-order valence-corrected chi connectivity index (χ0v) is 30.6. The summed E-state index contributed by atoms with van der Waals surface area (Å²) >= 11 is 0. The Morgan fingerprint density at radius 3 is 2.50 bits per heavy atom. The van der Waals surface area contributed by atoms with E-state index in [9.17, 15) is 29.7 Å². The molecular weight excluding hydrogens is 672 g/mol. The molecule has 0 aromatic carbocycles. The molecule has 6 heterocycles. The van der Waals surface area contributed by atoms with E-state index >= 15 is 0 Å². The lowest BCUT2D eigenvalue weighted by Crippen LogP contribution is -2.76. The topological polar surface area (TPSA) is 189 Å². The summed E-state index contributed by atoms with van der Waals surface area (Å²) in [6.45, 7) is 9.04. The van der Waals surface area contributed by atoms with Gasteiger partial charge in [0.05, 0.1) is 43.0 Å². The number of nitrogens with one attached hydrogen (secondary N) is 2. The SMILES string of the molecule is CC1(C)O[C@H]2CC(=O)OC[C@@]23[C@@H]1C(=O)[C@@H](O)[C@]1(C)[C@@H]3CC[C@@]2(C)[C@H](c3ccoc3C[C@@H](C3CCC([C@H]4CNCN4)CC3)[C@H](O)CO)OC(=O)[C@H]3O[C@@]312. The first-order valence-electron chi connectivity index (χ1n) is 19.5. The first kappa shape index (κ1) is 35.3. The standard InChI is InChI=1S/C39H54N2O11/c1-35(2)30-29(45)31(46)37(4)26(38(30)17-49-28(44)14-27(38)51-35)9-11-36(3)32(50-34(47)33-39(36,37)52-33)21-10-12-48-25(21)13-22(24(43)16-42)19-5-7-20(8-6-19)23-15-40-18-41-23/h10,12,19-20,22-24,26-27,30-33,40-43,46H,5-9,11,13-18H2,1-4H3/t19?,20?,22-,23+,24+,26-,27-,30+,31+,32-,33+,36-,37-,38-,39+/m0/s1. The highest BCUT2D eigenvalue weighted by Gasteiger charge is 2.90. The maximum atomic E-state index is 14.5. The molecule has 13 nitrogen and oxygen atoms in total. The third kappa shape index (κ3) is 4.44. The lowest BCUT2D eigenvalue weighted by Gasteiger charge is -2.66. The number of ether oxygens (including phenoxy) is 4. The number of epoxide rings is 1. The Bertz CT molecular complexity index is 1630. The van der Waals surface area contributed by atoms with Gasteiger partial charge in [-0.15, -0.1) is 0 Å². The summed E-state index contributed by atoms with van der Waals surface area (Å²) in [6.07, 6.45) is 2.22. The molecule has 1 aromatic heterocycles. The Kier molecular flexibility index (Phi) is 8.02. The van der Waals surface area contributed by atoms with E-state index in [2.05, 4.69) is 10.6 Å². The number of cyclic esters (lactones) is 2. The second-order valence-electron chi connectivity index (χ2n) is 18.3. The smallest absolute Gasteiger partial charge is 0.339 e. The van der Waals surface area contributed by atoms with Crippen LogP contribution in [-0.4, -0.2) is 101 Å². The highest BCUT2D eigenvalue weighted by Crippen LogP contribution is 2.80. The molecule has 3 aliphatic carbocycles. The second-order valence-corrected chi connectivity index (χ2v) is 18.3. The molecule has 9 rings (SSSR count). The number of ketones is 1. The van der Waals surface area contributed by atoms with Gasteiger partial charge in [-0.1, -0.05) is 13.8 Å². The van der Waals surface area contributed by atoms with Gasteiger partial charge in [-0.25, -0.2) is 4.79 Å². The van der Waals surface area contributed by atoms with E-state index in [4.69, 9.17) is 23.4 Å². The molecule has 52 heavy (non-hydrogen) atoms. The minimum absolute atomic E-state index is 0.00503. The lowest BCUT2D eigenvalue weighted by atomic mass is 9.36. The van der Waals surface area contributed by atoms with E-state index in [1.165, 1.54) is 0 Å². The first-order valence-corrected chi connectivity index (χ1v) is 19.5. The van der Waals surface area contributed by atoms with Crippen LogP contribution in [-0.2, 0) is 39.8 Å². The fraction of sp³-hybridized carbons (Fsp3) is 0.821. The van der Waals surface area contributed by atoms with Crippen molar-refractivity contribution in [1.82, 2.24) is 10.6 Å². The number of carbonyl (C=O) groups excluding carboxylic acids is 3. The number of Topliss-reactive ketones (excluding diaryl/α,β-unsaturated/α-hetero) is 1. The van der Waals surface area contributed by atoms with Crippen LogP contribution in [0, 0.1) is 45.8 Å². The number of rotatable bonds is 7. The van der Waals surface area contributed by atoms with Crippen molar-refractivity contribution in [2.24, 2.45) is 45.8 Å². The molecule has 8 aliphatic rings. The summed E-state index contributed by atoms with van der Waals surface area (Å²) in [5.74, 6) is -1.29. The van der Waals surface area contributed by atoms with E-state index < -0.39 is 69.9 Å². The fourth-order valence-corrected chi connectivity index (χ4v) is 13.6. The van der Waals surface area contributed by atoms with Crippen LogP contribution in [0.15, 0.2) is 16.7 Å². The van der Waals surface area contributed by atoms with Crippen molar-refractivity contribution in [3.63, 3.8) is 0 Å². The number of hydrogen-bond donors (Lipinski definition) is 5. The van der Waals surface area contributed by atoms with Crippen LogP contribution < -0.4 is 10.6 Å². The van der Waals surface area contributed by atoms with E-state index in [1.807, 2.05) is 33.8 Å². The zero-order valence-electron chi connectivity index (χ0n) is 30.6. The van der Waals surface area contributed by atoms with Gasteiger partial charge in [-0.3, -0.25) is 9.59 Å². The van der Waals surface area contributed by atoms with Crippen LogP contribution in [0.1, 0.15) is 90.1 Å². The summed E-state index contributed by atoms with van der Waals surface area (Å²) in [5, 5.41) is 40.6. The van der Waals surface area contributed by atoms with Crippen molar-refractivity contribution in [2.75, 3.05) is 26.4 Å². The van der Waals surface area contributed by atoms with Crippen molar-refractivity contribution >= 4 is 17.7 Å². The van der Waals surface area contributed by atoms with Crippen LogP contribution in [0.2, 0.25) is 0 Å². The zero-order chi connectivity index (χ0) is 36.6. The Labute approximate surface area is 303 Å². The lowest BCUT2D eigenvalue weighted by molar-refractivity contribution is -0.252. The molecule has 5 N–H and O–H groups in total. The Morgan fingerprint density at radius 2 is 1.79 bits per heavy atom. The maximum Gasteiger partial charge on any atom is 0.339 e. The minimum atomic E-state index is -1.46. The predicted octanol–water partition coefficient (Wildman–Crippen LogP) is 1.95. The van der Waals surface area contributed by atoms with Gasteiger partial charge in [0.1, 0.15) is 30.2 Å². The van der Waals surface area contributed by atoms with Gasteiger partial charge >= 0.3 is 11.9 Å². The number of carbonyl (C=O) groups is 3. The highest BCUT2D eigenvalue weighted by molar-refractivity contribution is 5.92. The number of aliphatic hydroxyl groups excluding tert-OH is 3. The molecule has 1 aromatic rings. The van der Waals surface area contributed by atoms with Crippen LogP contribution in [0.3, 0.4) is 0 Å². The summed E-state index contributed by atoms with van der Waals surface area (Å²) in [4.78, 5) is 41.1. The number of hydrogen-bond acceptors (Lipinski definition) is 13. The van der Waals surface area contributed by atoms with Crippen molar-refractivity contribution < 1.29 is 53.1 Å². The molecule has 3 saturated carbocycles. The Morgan fingerprint density at radius 1 is 1.02 bits per heavy atom. The number of fused-ring (bicyclic) bond motifs is 1. The van der Waals surface area contributed by atoms with Gasteiger partial charge in [0.15, 0.2) is 11.9 Å². The summed E-state index contributed by atoms with van der Waals surface area (Å²) in [5.41, 5.74) is -4.50. The molecule has 0 bridgehead atoms. The van der Waals surface area contributed by atoms with Crippen LogP contribution >= 0.6 is 0 Å². The van der Waals surface area contributed by atoms with Crippen LogP contribution in [0.25, 0.3) is 0 Å².